The van der Waals surface area contributed by atoms with Gasteiger partial charge >= 0.3 is 12.1 Å². The Bertz CT molecular complexity index is 1520. The summed E-state index contributed by atoms with van der Waals surface area (Å²) >= 11 is 0. The van der Waals surface area contributed by atoms with Gasteiger partial charge in [0.1, 0.15) is 11.4 Å². The van der Waals surface area contributed by atoms with Crippen LogP contribution in [0, 0.1) is 0 Å². The number of carbonyl (C=O) groups is 3. The SMILES string of the molecule is COc1ccc(CN2C(=O)c3cccc4c(CN5CCN(C6CCN(C(=O)OC(C)(C)C)CC6)C5=O)ccc2c34)cc1. The number of rotatable bonds is 6. The van der Waals surface area contributed by atoms with E-state index in [-0.39, 0.29) is 24.1 Å². The molecule has 0 aromatic heterocycles. The van der Waals surface area contributed by atoms with Crippen LogP contribution >= 0.6 is 0 Å². The van der Waals surface area contributed by atoms with Crippen LogP contribution in [0.15, 0.2) is 54.6 Å². The molecule has 0 radical (unpaired) electrons. The van der Waals surface area contributed by atoms with Crippen molar-refractivity contribution in [2.45, 2.75) is 58.3 Å². The maximum absolute atomic E-state index is 13.5. The Balaban J connectivity index is 1.14. The van der Waals surface area contributed by atoms with Crippen molar-refractivity contribution < 1.29 is 23.9 Å². The standard InChI is InChI=1S/C33H38N4O5/c1-33(2,3)42-32(40)34-16-14-24(15-17-34)36-19-18-35(31(36)39)21-23-10-13-28-29-26(23)6-5-7-27(29)30(38)37(28)20-22-8-11-25(41-4)12-9-22/h5-13,24H,14-21H2,1-4H3. The van der Waals surface area contributed by atoms with E-state index < -0.39 is 5.60 Å². The Kier molecular flexibility index (Phi) is 7.20. The molecule has 4 amide bonds. The van der Waals surface area contributed by atoms with Gasteiger partial charge in [-0.2, -0.15) is 0 Å². The summed E-state index contributed by atoms with van der Waals surface area (Å²) in [5.74, 6) is 0.771. The van der Waals surface area contributed by atoms with Crippen LogP contribution in [-0.2, 0) is 17.8 Å². The minimum Gasteiger partial charge on any atom is -0.497 e. The van der Waals surface area contributed by atoms with Crippen LogP contribution in [0.1, 0.15) is 55.1 Å². The van der Waals surface area contributed by atoms with Gasteiger partial charge in [-0.05, 0) is 74.4 Å². The average molecular weight is 571 g/mol. The van der Waals surface area contributed by atoms with E-state index in [9.17, 15) is 14.4 Å². The van der Waals surface area contributed by atoms with Crippen LogP contribution in [0.2, 0.25) is 0 Å². The third kappa shape index (κ3) is 5.24. The number of anilines is 1. The third-order valence-corrected chi connectivity index (χ3v) is 8.42. The Labute approximate surface area is 246 Å². The predicted molar refractivity (Wildman–Crippen MR) is 161 cm³/mol. The molecule has 2 saturated heterocycles. The highest BCUT2D eigenvalue weighted by Crippen LogP contribution is 2.40. The molecule has 0 unspecified atom stereocenters. The summed E-state index contributed by atoms with van der Waals surface area (Å²) in [6, 6.07) is 17.8. The molecule has 9 nitrogen and oxygen atoms in total. The van der Waals surface area contributed by atoms with Crippen molar-refractivity contribution in [1.82, 2.24) is 14.7 Å². The Morgan fingerprint density at radius 1 is 0.905 bits per heavy atom. The largest absolute Gasteiger partial charge is 0.497 e. The second kappa shape index (κ2) is 10.9. The smallest absolute Gasteiger partial charge is 0.410 e. The van der Waals surface area contributed by atoms with Gasteiger partial charge in [0, 0.05) is 49.7 Å². The lowest BCUT2D eigenvalue weighted by Crippen LogP contribution is -2.49. The van der Waals surface area contributed by atoms with Crippen molar-refractivity contribution in [3.8, 4) is 5.75 Å². The highest BCUT2D eigenvalue weighted by molar-refractivity contribution is 6.25. The molecule has 0 saturated carbocycles. The van der Waals surface area contributed by atoms with Crippen LogP contribution in [-0.4, -0.2) is 77.7 Å². The molecule has 0 bridgehead atoms. The van der Waals surface area contributed by atoms with Crippen LogP contribution in [0.5, 0.6) is 5.75 Å². The summed E-state index contributed by atoms with van der Waals surface area (Å²) < 4.78 is 10.8. The fraction of sp³-hybridized carbons (Fsp3) is 0.424. The van der Waals surface area contributed by atoms with E-state index in [0.29, 0.717) is 44.8 Å². The molecule has 0 N–H and O–H groups in total. The Hall–Kier alpha value is -4.27. The number of ether oxygens (including phenoxy) is 2. The van der Waals surface area contributed by atoms with E-state index in [2.05, 4.69) is 6.07 Å². The third-order valence-electron chi connectivity index (χ3n) is 8.42. The monoisotopic (exact) mass is 570 g/mol. The quantitative estimate of drug-likeness (QED) is 0.383. The minimum atomic E-state index is -0.524. The second-order valence-electron chi connectivity index (χ2n) is 12.3. The van der Waals surface area contributed by atoms with Gasteiger partial charge in [0.05, 0.1) is 19.3 Å². The number of benzene rings is 3. The molecule has 6 rings (SSSR count). The molecule has 0 aliphatic carbocycles. The molecule has 0 atom stereocenters. The maximum atomic E-state index is 13.5. The fourth-order valence-electron chi connectivity index (χ4n) is 6.29. The molecular formula is C33H38N4O5. The van der Waals surface area contributed by atoms with Crippen molar-refractivity contribution in [1.29, 1.82) is 0 Å². The van der Waals surface area contributed by atoms with E-state index in [4.69, 9.17) is 9.47 Å². The zero-order valence-electron chi connectivity index (χ0n) is 24.8. The Morgan fingerprint density at radius 2 is 1.64 bits per heavy atom. The lowest BCUT2D eigenvalue weighted by atomic mass is 10.00. The summed E-state index contributed by atoms with van der Waals surface area (Å²) in [5, 5.41) is 1.96. The molecule has 0 spiro atoms. The van der Waals surface area contributed by atoms with Crippen molar-refractivity contribution in [2.75, 3.05) is 38.2 Å². The van der Waals surface area contributed by atoms with Gasteiger partial charge in [-0.1, -0.05) is 30.3 Å². The van der Waals surface area contributed by atoms with E-state index in [1.807, 2.05) is 84.0 Å². The van der Waals surface area contributed by atoms with Gasteiger partial charge in [0.15, 0.2) is 0 Å². The van der Waals surface area contributed by atoms with Gasteiger partial charge in [-0.25, -0.2) is 9.59 Å². The van der Waals surface area contributed by atoms with Gasteiger partial charge in [-0.15, -0.1) is 0 Å². The number of likely N-dealkylation sites (tertiary alicyclic amines) is 1. The summed E-state index contributed by atoms with van der Waals surface area (Å²) in [6.07, 6.45) is 1.20. The lowest BCUT2D eigenvalue weighted by molar-refractivity contribution is 0.0170. The zero-order chi connectivity index (χ0) is 29.6. The first-order valence-electron chi connectivity index (χ1n) is 14.7. The molecule has 2 fully saturated rings. The van der Waals surface area contributed by atoms with Gasteiger partial charge < -0.3 is 29.1 Å². The van der Waals surface area contributed by atoms with E-state index >= 15 is 0 Å². The van der Waals surface area contributed by atoms with Crippen molar-refractivity contribution in [2.24, 2.45) is 0 Å². The normalized spacial score (nSPS) is 17.5. The molecule has 3 aliphatic heterocycles. The topological polar surface area (TPSA) is 82.6 Å². The van der Waals surface area contributed by atoms with Crippen molar-refractivity contribution >= 4 is 34.5 Å². The molecule has 3 aliphatic rings. The highest BCUT2D eigenvalue weighted by atomic mass is 16.6. The Morgan fingerprint density at radius 3 is 2.33 bits per heavy atom. The molecule has 3 aromatic carbocycles. The van der Waals surface area contributed by atoms with Crippen molar-refractivity contribution in [3.05, 3.63) is 71.3 Å². The predicted octanol–water partition coefficient (Wildman–Crippen LogP) is 5.65. The number of nitrogens with zero attached hydrogens (tertiary/aromatic N) is 4. The number of methoxy groups -OCH3 is 1. The van der Waals surface area contributed by atoms with E-state index in [0.717, 1.165) is 46.2 Å². The highest BCUT2D eigenvalue weighted by Gasteiger charge is 2.37. The van der Waals surface area contributed by atoms with Crippen LogP contribution < -0.4 is 9.64 Å². The summed E-state index contributed by atoms with van der Waals surface area (Å²) in [7, 11) is 1.64. The molecule has 9 heteroatoms. The van der Waals surface area contributed by atoms with Crippen molar-refractivity contribution in [3.63, 3.8) is 0 Å². The lowest BCUT2D eigenvalue weighted by Gasteiger charge is -2.37. The first-order chi connectivity index (χ1) is 20.1. The van der Waals surface area contributed by atoms with E-state index in [1.54, 1.807) is 12.0 Å². The van der Waals surface area contributed by atoms with Crippen LogP contribution in [0.25, 0.3) is 10.8 Å². The minimum absolute atomic E-state index is 0.00952. The first kappa shape index (κ1) is 27.9. The number of hydrogen-bond acceptors (Lipinski definition) is 5. The molecule has 3 heterocycles. The maximum Gasteiger partial charge on any atom is 0.410 e. The summed E-state index contributed by atoms with van der Waals surface area (Å²) in [6.45, 7) is 9.05. The first-order valence-corrected chi connectivity index (χ1v) is 14.7. The van der Waals surface area contributed by atoms with Crippen LogP contribution in [0.3, 0.4) is 0 Å². The molecule has 3 aromatic rings. The number of carbonyl (C=O) groups excluding carboxylic acids is 3. The van der Waals surface area contributed by atoms with Gasteiger partial charge in [-0.3, -0.25) is 4.79 Å². The average Bonchev–Trinajstić information content (AvgIpc) is 3.47. The van der Waals surface area contributed by atoms with Crippen LogP contribution in [0.4, 0.5) is 15.3 Å². The molecule has 220 valence electrons. The van der Waals surface area contributed by atoms with Gasteiger partial charge in [0.25, 0.3) is 5.91 Å². The van der Waals surface area contributed by atoms with Gasteiger partial charge in [0.2, 0.25) is 0 Å². The zero-order valence-corrected chi connectivity index (χ0v) is 24.8. The number of urea groups is 1. The number of piperidine rings is 1. The van der Waals surface area contributed by atoms with E-state index in [1.165, 1.54) is 0 Å². The molecule has 42 heavy (non-hydrogen) atoms. The fourth-order valence-corrected chi connectivity index (χ4v) is 6.29. The summed E-state index contributed by atoms with van der Waals surface area (Å²) in [4.78, 5) is 46.9. The number of hydrogen-bond donors (Lipinski definition) is 0. The summed E-state index contributed by atoms with van der Waals surface area (Å²) in [5.41, 5.74) is 3.13. The number of amides is 4. The second-order valence-corrected chi connectivity index (χ2v) is 12.3. The molecular weight excluding hydrogens is 532 g/mol.